The van der Waals surface area contributed by atoms with Gasteiger partial charge in [0.15, 0.2) is 0 Å². The molecule has 5 heteroatoms. The van der Waals surface area contributed by atoms with Crippen LogP contribution < -0.4 is 0 Å². The van der Waals surface area contributed by atoms with Crippen LogP contribution in [0.2, 0.25) is 0 Å². The molecule has 4 rings (SSSR count). The second-order valence-electron chi connectivity index (χ2n) is 6.99. The predicted molar refractivity (Wildman–Crippen MR) is 89.3 cm³/mol. The lowest BCUT2D eigenvalue weighted by Gasteiger charge is -2.20. The van der Waals surface area contributed by atoms with Crippen LogP contribution >= 0.6 is 0 Å². The number of nitrogens with zero attached hydrogens (tertiary/aromatic N) is 3. The second-order valence-corrected chi connectivity index (χ2v) is 6.99. The summed E-state index contributed by atoms with van der Waals surface area (Å²) in [6.07, 6.45) is 5.64. The second kappa shape index (κ2) is 6.04. The molecule has 2 heterocycles. The molecule has 1 aromatic heterocycles. The van der Waals surface area contributed by atoms with Crippen molar-refractivity contribution in [3.63, 3.8) is 0 Å². The fourth-order valence-corrected chi connectivity index (χ4v) is 3.70. The van der Waals surface area contributed by atoms with Gasteiger partial charge < -0.3 is 9.47 Å². The third-order valence-electron chi connectivity index (χ3n) is 5.08. The standard InChI is InChI=1S/C19H22FN3O/c1-13-11-21-19(15-5-6-15)23(13)17-7-8-22(12-17)18(24)10-14-3-2-4-16(20)9-14/h2-4,9,11,15,17H,5-8,10,12H2,1H3. The number of likely N-dealkylation sites (tertiary alicyclic amines) is 1. The van der Waals surface area contributed by atoms with Gasteiger partial charge in [-0.3, -0.25) is 4.79 Å². The third kappa shape index (κ3) is 2.95. The van der Waals surface area contributed by atoms with Crippen molar-refractivity contribution in [2.75, 3.05) is 13.1 Å². The van der Waals surface area contributed by atoms with Crippen LogP contribution in [0.15, 0.2) is 30.5 Å². The maximum absolute atomic E-state index is 13.3. The van der Waals surface area contributed by atoms with Crippen molar-refractivity contribution in [3.05, 3.63) is 53.4 Å². The molecule has 2 aliphatic rings. The maximum Gasteiger partial charge on any atom is 0.227 e. The van der Waals surface area contributed by atoms with Gasteiger partial charge in [-0.25, -0.2) is 9.37 Å². The summed E-state index contributed by atoms with van der Waals surface area (Å²) in [5.74, 6) is 1.59. The Kier molecular flexibility index (Phi) is 3.87. The van der Waals surface area contributed by atoms with Crippen LogP contribution in [-0.4, -0.2) is 33.4 Å². The topological polar surface area (TPSA) is 38.1 Å². The van der Waals surface area contributed by atoms with Gasteiger partial charge in [-0.1, -0.05) is 12.1 Å². The molecule has 1 saturated heterocycles. The Balaban J connectivity index is 1.45. The first kappa shape index (κ1) is 15.4. The van der Waals surface area contributed by atoms with Crippen molar-refractivity contribution in [2.45, 2.75) is 44.6 Å². The summed E-state index contributed by atoms with van der Waals surface area (Å²) < 4.78 is 15.6. The Morgan fingerprint density at radius 3 is 2.92 bits per heavy atom. The molecule has 1 aromatic carbocycles. The van der Waals surface area contributed by atoms with Gasteiger partial charge in [-0.05, 0) is 43.9 Å². The largest absolute Gasteiger partial charge is 0.340 e. The van der Waals surface area contributed by atoms with E-state index in [-0.39, 0.29) is 18.1 Å². The Bertz CT molecular complexity index is 766. The lowest BCUT2D eigenvalue weighted by Crippen LogP contribution is -2.30. The molecule has 0 bridgehead atoms. The summed E-state index contributed by atoms with van der Waals surface area (Å²) in [5, 5.41) is 0. The minimum Gasteiger partial charge on any atom is -0.340 e. The number of hydrogen-bond donors (Lipinski definition) is 0. The molecule has 1 unspecified atom stereocenters. The van der Waals surface area contributed by atoms with Crippen LogP contribution in [0.5, 0.6) is 0 Å². The van der Waals surface area contributed by atoms with Gasteiger partial charge in [0.2, 0.25) is 5.91 Å². The Hall–Kier alpha value is -2.17. The summed E-state index contributed by atoms with van der Waals surface area (Å²) >= 11 is 0. The Morgan fingerprint density at radius 2 is 2.17 bits per heavy atom. The predicted octanol–water partition coefficient (Wildman–Crippen LogP) is 3.22. The maximum atomic E-state index is 13.3. The third-order valence-corrected chi connectivity index (χ3v) is 5.08. The van der Waals surface area contributed by atoms with E-state index in [2.05, 4.69) is 16.5 Å². The quantitative estimate of drug-likeness (QED) is 0.865. The highest BCUT2D eigenvalue weighted by Crippen LogP contribution is 2.41. The van der Waals surface area contributed by atoms with Crippen molar-refractivity contribution >= 4 is 5.91 Å². The van der Waals surface area contributed by atoms with E-state index in [1.54, 1.807) is 12.1 Å². The first-order valence-corrected chi connectivity index (χ1v) is 8.68. The molecule has 1 amide bonds. The van der Waals surface area contributed by atoms with Crippen LogP contribution in [-0.2, 0) is 11.2 Å². The number of amides is 1. The zero-order valence-electron chi connectivity index (χ0n) is 13.9. The molecule has 1 saturated carbocycles. The molecule has 1 aliphatic heterocycles. The van der Waals surface area contributed by atoms with E-state index in [9.17, 15) is 9.18 Å². The highest BCUT2D eigenvalue weighted by Gasteiger charge is 2.34. The number of carbonyl (C=O) groups is 1. The molecule has 0 spiro atoms. The van der Waals surface area contributed by atoms with Crippen LogP contribution in [0.1, 0.15) is 48.3 Å². The molecule has 1 atom stereocenters. The molecular formula is C19H22FN3O. The number of rotatable bonds is 4. The summed E-state index contributed by atoms with van der Waals surface area (Å²) in [7, 11) is 0. The van der Waals surface area contributed by atoms with Crippen molar-refractivity contribution < 1.29 is 9.18 Å². The Morgan fingerprint density at radius 1 is 1.33 bits per heavy atom. The molecule has 24 heavy (non-hydrogen) atoms. The van der Waals surface area contributed by atoms with E-state index >= 15 is 0 Å². The zero-order valence-corrected chi connectivity index (χ0v) is 13.9. The summed E-state index contributed by atoms with van der Waals surface area (Å²) in [4.78, 5) is 19.0. The molecule has 0 radical (unpaired) electrons. The molecular weight excluding hydrogens is 305 g/mol. The van der Waals surface area contributed by atoms with E-state index in [1.165, 1.54) is 36.5 Å². The normalized spacial score (nSPS) is 20.6. The first-order valence-electron chi connectivity index (χ1n) is 8.68. The van der Waals surface area contributed by atoms with Gasteiger partial charge >= 0.3 is 0 Å². The van der Waals surface area contributed by atoms with Crippen LogP contribution in [0.4, 0.5) is 4.39 Å². The van der Waals surface area contributed by atoms with Gasteiger partial charge in [-0.15, -0.1) is 0 Å². The lowest BCUT2D eigenvalue weighted by atomic mass is 10.1. The van der Waals surface area contributed by atoms with Crippen molar-refractivity contribution in [1.82, 2.24) is 14.5 Å². The first-order chi connectivity index (χ1) is 11.6. The minimum absolute atomic E-state index is 0.0776. The molecule has 2 fully saturated rings. The smallest absolute Gasteiger partial charge is 0.227 e. The van der Waals surface area contributed by atoms with Gasteiger partial charge in [0.05, 0.1) is 12.5 Å². The lowest BCUT2D eigenvalue weighted by molar-refractivity contribution is -0.129. The SMILES string of the molecule is Cc1cnc(C2CC2)n1C1CCN(C(=O)Cc2cccc(F)c2)C1. The average molecular weight is 327 g/mol. The number of hydrogen-bond acceptors (Lipinski definition) is 2. The number of benzene rings is 1. The van der Waals surface area contributed by atoms with Crippen molar-refractivity contribution in [3.8, 4) is 0 Å². The minimum atomic E-state index is -0.289. The summed E-state index contributed by atoms with van der Waals surface area (Å²) in [6, 6.07) is 6.62. The van der Waals surface area contributed by atoms with Crippen LogP contribution in [0, 0.1) is 12.7 Å². The monoisotopic (exact) mass is 327 g/mol. The highest BCUT2D eigenvalue weighted by atomic mass is 19.1. The van der Waals surface area contributed by atoms with E-state index in [0.29, 0.717) is 12.0 Å². The van der Waals surface area contributed by atoms with Gasteiger partial charge in [0.1, 0.15) is 11.6 Å². The fourth-order valence-electron chi connectivity index (χ4n) is 3.70. The molecule has 126 valence electrons. The number of aryl methyl sites for hydroxylation is 1. The van der Waals surface area contributed by atoms with Crippen molar-refractivity contribution in [1.29, 1.82) is 0 Å². The van der Waals surface area contributed by atoms with Gasteiger partial charge in [-0.2, -0.15) is 0 Å². The molecule has 1 aliphatic carbocycles. The van der Waals surface area contributed by atoms with E-state index < -0.39 is 0 Å². The van der Waals surface area contributed by atoms with Crippen molar-refractivity contribution in [2.24, 2.45) is 0 Å². The molecule has 0 N–H and O–H groups in total. The van der Waals surface area contributed by atoms with Crippen LogP contribution in [0.3, 0.4) is 0 Å². The summed E-state index contributed by atoms with van der Waals surface area (Å²) in [5.41, 5.74) is 1.92. The molecule has 4 nitrogen and oxygen atoms in total. The number of imidazole rings is 1. The van der Waals surface area contributed by atoms with E-state index in [1.807, 2.05) is 11.1 Å². The van der Waals surface area contributed by atoms with E-state index in [4.69, 9.17) is 0 Å². The fraction of sp³-hybridized carbons (Fsp3) is 0.474. The number of carbonyl (C=O) groups excluding carboxylic acids is 1. The van der Waals surface area contributed by atoms with E-state index in [0.717, 1.165) is 25.1 Å². The Labute approximate surface area is 141 Å². The highest BCUT2D eigenvalue weighted by molar-refractivity contribution is 5.79. The number of halogens is 1. The number of aromatic nitrogens is 2. The van der Waals surface area contributed by atoms with Crippen LogP contribution in [0.25, 0.3) is 0 Å². The summed E-state index contributed by atoms with van der Waals surface area (Å²) in [6.45, 7) is 3.59. The van der Waals surface area contributed by atoms with Gasteiger partial charge in [0, 0.05) is 30.9 Å². The molecule has 2 aromatic rings. The average Bonchev–Trinajstić information content (AvgIpc) is 3.15. The van der Waals surface area contributed by atoms with Gasteiger partial charge in [0.25, 0.3) is 0 Å². The zero-order chi connectivity index (χ0) is 16.7.